The molecule has 0 bridgehead atoms. The van der Waals surface area contributed by atoms with E-state index in [0.717, 1.165) is 22.3 Å². The summed E-state index contributed by atoms with van der Waals surface area (Å²) in [6.07, 6.45) is 0. The van der Waals surface area contributed by atoms with Crippen molar-refractivity contribution in [3.8, 4) is 0 Å². The molecule has 6 heteroatoms. The summed E-state index contributed by atoms with van der Waals surface area (Å²) in [5, 5.41) is 3.20. The normalized spacial score (nSPS) is 16.6. The van der Waals surface area contributed by atoms with Gasteiger partial charge < -0.3 is 10.2 Å². The van der Waals surface area contributed by atoms with Crippen molar-refractivity contribution >= 4 is 41.3 Å². The fraction of sp³-hybridized carbons (Fsp3) is 0.583. The highest BCUT2D eigenvalue weighted by Crippen LogP contribution is 2.24. The number of amides is 1. The van der Waals surface area contributed by atoms with Crippen molar-refractivity contribution in [2.45, 2.75) is 13.5 Å². The number of rotatable bonds is 4. The SMILES string of the molecule is CC(C(=O)N(C)Cc1ccc(Cl)s1)C1CNC1.Cl. The molecule has 102 valence electrons. The number of nitrogens with one attached hydrogen (secondary N) is 1. The predicted molar refractivity (Wildman–Crippen MR) is 78.6 cm³/mol. The van der Waals surface area contributed by atoms with Gasteiger partial charge in [0.1, 0.15) is 0 Å². The highest BCUT2D eigenvalue weighted by Gasteiger charge is 2.30. The Balaban J connectivity index is 0.00000162. The molecule has 0 saturated carbocycles. The molecule has 1 aliphatic heterocycles. The number of thiophene rings is 1. The van der Waals surface area contributed by atoms with Crippen LogP contribution in [0.5, 0.6) is 0 Å². The topological polar surface area (TPSA) is 32.3 Å². The Bertz CT molecular complexity index is 407. The largest absolute Gasteiger partial charge is 0.340 e. The number of carbonyl (C=O) groups excluding carboxylic acids is 1. The summed E-state index contributed by atoms with van der Waals surface area (Å²) in [6.45, 7) is 4.60. The van der Waals surface area contributed by atoms with Crippen LogP contribution in [0.1, 0.15) is 11.8 Å². The van der Waals surface area contributed by atoms with Gasteiger partial charge in [-0.2, -0.15) is 0 Å². The third-order valence-corrected chi connectivity index (χ3v) is 4.52. The Kier molecular flexibility index (Phi) is 5.92. The van der Waals surface area contributed by atoms with Crippen LogP contribution in [-0.4, -0.2) is 30.9 Å². The Morgan fingerprint density at radius 3 is 2.72 bits per heavy atom. The quantitative estimate of drug-likeness (QED) is 0.927. The summed E-state index contributed by atoms with van der Waals surface area (Å²) < 4.78 is 0.775. The molecular weight excluding hydrogens is 291 g/mol. The molecule has 1 aromatic heterocycles. The van der Waals surface area contributed by atoms with Crippen molar-refractivity contribution in [3.05, 3.63) is 21.3 Å². The molecule has 1 fully saturated rings. The first-order valence-corrected chi connectivity index (χ1v) is 6.97. The molecule has 1 atom stereocenters. The number of halogens is 2. The lowest BCUT2D eigenvalue weighted by Gasteiger charge is -2.33. The molecule has 0 radical (unpaired) electrons. The molecule has 1 aromatic rings. The van der Waals surface area contributed by atoms with E-state index in [9.17, 15) is 4.79 Å². The van der Waals surface area contributed by atoms with Gasteiger partial charge in [-0.3, -0.25) is 4.79 Å². The lowest BCUT2D eigenvalue weighted by Crippen LogP contribution is -2.49. The van der Waals surface area contributed by atoms with E-state index < -0.39 is 0 Å². The number of hydrogen-bond donors (Lipinski definition) is 1. The minimum absolute atomic E-state index is 0. The molecule has 2 heterocycles. The minimum atomic E-state index is 0. The second kappa shape index (κ2) is 6.75. The summed E-state index contributed by atoms with van der Waals surface area (Å²) in [6, 6.07) is 3.85. The van der Waals surface area contributed by atoms with E-state index in [1.807, 2.05) is 26.1 Å². The Morgan fingerprint density at radius 2 is 2.28 bits per heavy atom. The molecule has 1 unspecified atom stereocenters. The van der Waals surface area contributed by atoms with E-state index in [1.165, 1.54) is 11.3 Å². The predicted octanol–water partition coefficient (Wildman–Crippen LogP) is 2.64. The molecule has 0 aromatic carbocycles. The van der Waals surface area contributed by atoms with Crippen molar-refractivity contribution in [2.75, 3.05) is 20.1 Å². The van der Waals surface area contributed by atoms with Gasteiger partial charge in [0.05, 0.1) is 10.9 Å². The van der Waals surface area contributed by atoms with Crippen molar-refractivity contribution in [1.82, 2.24) is 10.2 Å². The summed E-state index contributed by atoms with van der Waals surface area (Å²) in [7, 11) is 1.86. The first-order valence-electron chi connectivity index (χ1n) is 5.78. The van der Waals surface area contributed by atoms with Gasteiger partial charge in [0.25, 0.3) is 0 Å². The molecular formula is C12H18Cl2N2OS. The monoisotopic (exact) mass is 308 g/mol. The van der Waals surface area contributed by atoms with Crippen LogP contribution in [0.25, 0.3) is 0 Å². The molecule has 1 amide bonds. The average molecular weight is 309 g/mol. The van der Waals surface area contributed by atoms with Gasteiger partial charge in [0.15, 0.2) is 0 Å². The second-order valence-corrected chi connectivity index (χ2v) is 6.41. The fourth-order valence-electron chi connectivity index (χ4n) is 1.96. The summed E-state index contributed by atoms with van der Waals surface area (Å²) in [4.78, 5) is 15.1. The molecule has 18 heavy (non-hydrogen) atoms. The molecule has 0 spiro atoms. The van der Waals surface area contributed by atoms with E-state index in [-0.39, 0.29) is 24.2 Å². The molecule has 1 aliphatic rings. The zero-order valence-corrected chi connectivity index (χ0v) is 12.9. The Morgan fingerprint density at radius 1 is 1.61 bits per heavy atom. The summed E-state index contributed by atoms with van der Waals surface area (Å²) in [5.41, 5.74) is 0. The third kappa shape index (κ3) is 3.60. The van der Waals surface area contributed by atoms with Crippen molar-refractivity contribution in [1.29, 1.82) is 0 Å². The van der Waals surface area contributed by atoms with E-state index in [1.54, 1.807) is 4.90 Å². The van der Waals surface area contributed by atoms with Crippen LogP contribution < -0.4 is 5.32 Å². The van der Waals surface area contributed by atoms with E-state index in [2.05, 4.69) is 5.32 Å². The van der Waals surface area contributed by atoms with E-state index >= 15 is 0 Å². The van der Waals surface area contributed by atoms with Crippen LogP contribution in [0.15, 0.2) is 12.1 Å². The molecule has 3 nitrogen and oxygen atoms in total. The molecule has 1 N–H and O–H groups in total. The van der Waals surface area contributed by atoms with Crippen molar-refractivity contribution < 1.29 is 4.79 Å². The highest BCUT2D eigenvalue weighted by molar-refractivity contribution is 7.16. The first kappa shape index (κ1) is 15.8. The minimum Gasteiger partial charge on any atom is -0.340 e. The van der Waals surface area contributed by atoms with Crippen molar-refractivity contribution in [2.24, 2.45) is 11.8 Å². The van der Waals surface area contributed by atoms with Crippen LogP contribution in [-0.2, 0) is 11.3 Å². The molecule has 0 aliphatic carbocycles. The summed E-state index contributed by atoms with van der Waals surface area (Å²) in [5.74, 6) is 0.828. The van der Waals surface area contributed by atoms with Gasteiger partial charge in [-0.15, -0.1) is 23.7 Å². The highest BCUT2D eigenvalue weighted by atomic mass is 35.5. The van der Waals surface area contributed by atoms with Gasteiger partial charge in [0.2, 0.25) is 5.91 Å². The zero-order chi connectivity index (χ0) is 12.4. The standard InChI is InChI=1S/C12H17ClN2OS.ClH/c1-8(9-5-14-6-9)12(16)15(2)7-10-3-4-11(13)17-10;/h3-4,8-9,14H,5-7H2,1-2H3;1H. The Hall–Kier alpha value is -0.290. The third-order valence-electron chi connectivity index (χ3n) is 3.31. The lowest BCUT2D eigenvalue weighted by atomic mass is 9.88. The van der Waals surface area contributed by atoms with Gasteiger partial charge in [-0.25, -0.2) is 0 Å². The van der Waals surface area contributed by atoms with Crippen LogP contribution in [0.3, 0.4) is 0 Å². The van der Waals surface area contributed by atoms with Gasteiger partial charge in [0, 0.05) is 17.8 Å². The maximum atomic E-state index is 12.2. The number of hydrogen-bond acceptors (Lipinski definition) is 3. The fourth-order valence-corrected chi connectivity index (χ4v) is 3.10. The number of carbonyl (C=O) groups is 1. The van der Waals surface area contributed by atoms with Gasteiger partial charge >= 0.3 is 0 Å². The number of nitrogens with zero attached hydrogens (tertiary/aromatic N) is 1. The maximum absolute atomic E-state index is 12.2. The van der Waals surface area contributed by atoms with Crippen LogP contribution >= 0.6 is 35.3 Å². The zero-order valence-electron chi connectivity index (χ0n) is 10.5. The van der Waals surface area contributed by atoms with Gasteiger partial charge in [-0.05, 0) is 31.1 Å². The van der Waals surface area contributed by atoms with E-state index in [4.69, 9.17) is 11.6 Å². The lowest BCUT2D eigenvalue weighted by molar-refractivity contribution is -0.136. The van der Waals surface area contributed by atoms with E-state index in [0.29, 0.717) is 12.5 Å². The van der Waals surface area contributed by atoms with Crippen LogP contribution in [0, 0.1) is 11.8 Å². The van der Waals surface area contributed by atoms with Crippen LogP contribution in [0.4, 0.5) is 0 Å². The summed E-state index contributed by atoms with van der Waals surface area (Å²) >= 11 is 7.41. The smallest absolute Gasteiger partial charge is 0.225 e. The van der Waals surface area contributed by atoms with Gasteiger partial charge in [-0.1, -0.05) is 18.5 Å². The second-order valence-electron chi connectivity index (χ2n) is 4.61. The van der Waals surface area contributed by atoms with Crippen LogP contribution in [0.2, 0.25) is 4.34 Å². The Labute approximate surface area is 123 Å². The van der Waals surface area contributed by atoms with Crippen molar-refractivity contribution in [3.63, 3.8) is 0 Å². The maximum Gasteiger partial charge on any atom is 0.225 e. The first-order chi connectivity index (χ1) is 8.08. The molecule has 1 saturated heterocycles. The average Bonchev–Trinajstić information content (AvgIpc) is 2.60. The molecule has 2 rings (SSSR count).